The van der Waals surface area contributed by atoms with Crippen LogP contribution in [-0.2, 0) is 28.2 Å². The summed E-state index contributed by atoms with van der Waals surface area (Å²) in [7, 11) is 1.91. The van der Waals surface area contributed by atoms with Crippen molar-refractivity contribution in [3.63, 3.8) is 0 Å². The first-order valence-corrected chi connectivity index (χ1v) is 19.0. The first kappa shape index (κ1) is 38.4. The molecule has 0 aliphatic carbocycles. The van der Waals surface area contributed by atoms with Crippen LogP contribution in [0.2, 0.25) is 18.1 Å². The lowest BCUT2D eigenvalue weighted by Crippen LogP contribution is -2.44. The van der Waals surface area contributed by atoms with Gasteiger partial charge in [-0.15, -0.1) is 0 Å². The number of hydrogen-bond acceptors (Lipinski definition) is 10. The fourth-order valence-corrected chi connectivity index (χ4v) is 6.66. The molecule has 0 aromatic carbocycles. The number of ether oxygens (including phenoxy) is 4. The molecule has 1 saturated heterocycles. The smallest absolute Gasteiger partial charge is 0.414 e. The topological polar surface area (TPSA) is 130 Å². The fourth-order valence-electron chi connectivity index (χ4n) is 3.51. The first-order valence-electron chi connectivity index (χ1n) is 13.7. The Balaban J connectivity index is 1.98. The summed E-state index contributed by atoms with van der Waals surface area (Å²) < 4.78 is 66.5. The molecular weight excluding hydrogens is 644 g/mol. The van der Waals surface area contributed by atoms with E-state index in [0.29, 0.717) is 6.42 Å². The second-order valence-corrected chi connectivity index (χ2v) is 19.9. The maximum atomic E-state index is 12.7. The molecule has 0 spiro atoms. The van der Waals surface area contributed by atoms with E-state index in [1.165, 1.54) is 39.5 Å². The van der Waals surface area contributed by atoms with Crippen molar-refractivity contribution in [1.29, 1.82) is 0 Å². The van der Waals surface area contributed by atoms with Gasteiger partial charge in [-0.25, -0.2) is 4.79 Å². The van der Waals surface area contributed by atoms with Gasteiger partial charge in [0.05, 0.1) is 12.7 Å². The van der Waals surface area contributed by atoms with E-state index >= 15 is 0 Å². The molecule has 11 nitrogen and oxygen atoms in total. The molecule has 2 rings (SSSR count). The van der Waals surface area contributed by atoms with Crippen molar-refractivity contribution in [3.05, 3.63) is 32.6 Å². The highest BCUT2D eigenvalue weighted by Gasteiger charge is 2.42. The molecule has 1 aliphatic heterocycles. The summed E-state index contributed by atoms with van der Waals surface area (Å²) in [5.41, 5.74) is -1.27. The molecule has 1 unspecified atom stereocenters. The number of nitrogens with zero attached hydrogens (tertiary/aromatic N) is 1. The van der Waals surface area contributed by atoms with Gasteiger partial charge in [-0.05, 0) is 32.0 Å². The molecule has 17 heteroatoms. The number of halogens is 3. The van der Waals surface area contributed by atoms with Crippen molar-refractivity contribution in [2.45, 2.75) is 88.5 Å². The van der Waals surface area contributed by atoms with E-state index in [-0.39, 0.29) is 43.1 Å². The number of aromatic amines is 1. The van der Waals surface area contributed by atoms with E-state index in [9.17, 15) is 27.6 Å². The number of H-pyrrole nitrogens is 1. The summed E-state index contributed by atoms with van der Waals surface area (Å²) in [6.45, 7) is 14.1. The van der Waals surface area contributed by atoms with Gasteiger partial charge in [0.1, 0.15) is 37.2 Å². The summed E-state index contributed by atoms with van der Waals surface area (Å²) in [6, 6.07) is 0. The molecule has 3 atom stereocenters. The molecule has 0 radical (unpaired) electrons. The molecule has 250 valence electrons. The van der Waals surface area contributed by atoms with Crippen LogP contribution < -0.4 is 16.6 Å². The average molecular weight is 686 g/mol. The third-order valence-corrected chi connectivity index (χ3v) is 14.5. The minimum Gasteiger partial charge on any atom is -0.414 e. The highest BCUT2D eigenvalue weighted by molar-refractivity contribution is 8.77. The number of aromatic nitrogens is 2. The Kier molecular flexibility index (Phi) is 14.1. The lowest BCUT2D eigenvalue weighted by atomic mass is 10.2. The number of methoxy groups -OCH3 is 1. The van der Waals surface area contributed by atoms with Gasteiger partial charge in [-0.2, -0.15) is 13.2 Å². The molecule has 1 aliphatic rings. The molecule has 2 heterocycles. The van der Waals surface area contributed by atoms with E-state index in [1.807, 2.05) is 5.32 Å². The minimum atomic E-state index is -4.93. The van der Waals surface area contributed by atoms with Gasteiger partial charge in [-0.1, -0.05) is 54.2 Å². The van der Waals surface area contributed by atoms with Crippen LogP contribution in [0.5, 0.6) is 0 Å². The van der Waals surface area contributed by atoms with E-state index in [2.05, 4.69) is 50.7 Å². The molecule has 0 saturated carbocycles. The van der Waals surface area contributed by atoms with Gasteiger partial charge in [0.25, 0.3) is 5.56 Å². The van der Waals surface area contributed by atoms with Crippen molar-refractivity contribution in [3.8, 4) is 11.8 Å². The molecule has 2 N–H and O–H groups in total. The Morgan fingerprint density at radius 2 is 1.91 bits per heavy atom. The second kappa shape index (κ2) is 16.2. The van der Waals surface area contributed by atoms with Crippen LogP contribution in [-0.4, -0.2) is 86.5 Å². The number of carbonyl (C=O) groups is 1. The molecular formula is C27H42F3N3O8S2Si. The van der Waals surface area contributed by atoms with Gasteiger partial charge in [0.2, 0.25) is 0 Å². The van der Waals surface area contributed by atoms with Crippen LogP contribution in [0, 0.1) is 11.8 Å². The molecule has 1 amide bonds. The standard InChI is InChI=1S/C27H42F3N3O8S2Si/c1-25(2,3)44(7,8)40-14-20-19(39-16-37-6)12-21(41-20)33-13-18(22(34)32-24(33)36)10-9-11-38-17-42-43-26(4,5)15-31-23(35)27(28,29)30/h13,19-21H,11-12,14-17H2,1-8H3,(H,31,35)(H,32,34,36)/t19?,20-,21-/m1/s1. The molecule has 1 fully saturated rings. The normalized spacial score (nSPS) is 19.5. The summed E-state index contributed by atoms with van der Waals surface area (Å²) in [5.74, 6) is 3.59. The van der Waals surface area contributed by atoms with Crippen molar-refractivity contribution in [2.24, 2.45) is 0 Å². The third-order valence-electron chi connectivity index (χ3n) is 7.02. The van der Waals surface area contributed by atoms with Crippen LogP contribution in [0.15, 0.2) is 15.8 Å². The number of rotatable bonds is 14. The minimum absolute atomic E-state index is 0.00607. The second-order valence-electron chi connectivity index (χ2n) is 12.2. The SMILES string of the molecule is COCOC1C[C@H](n2cc(C#CCOCSSC(C)(C)CNC(=O)C(F)(F)F)c(=O)[nH]c2=O)O[C@@H]1CO[Si](C)(C)C(C)(C)C. The van der Waals surface area contributed by atoms with Crippen LogP contribution in [0.1, 0.15) is 52.8 Å². The monoisotopic (exact) mass is 685 g/mol. The molecule has 44 heavy (non-hydrogen) atoms. The summed E-state index contributed by atoms with van der Waals surface area (Å²) in [5, 5.41) is 1.86. The summed E-state index contributed by atoms with van der Waals surface area (Å²) in [6.07, 6.45) is -4.88. The summed E-state index contributed by atoms with van der Waals surface area (Å²) in [4.78, 5) is 38.4. The van der Waals surface area contributed by atoms with Gasteiger partial charge >= 0.3 is 17.8 Å². The number of nitrogens with one attached hydrogen (secondary N) is 2. The van der Waals surface area contributed by atoms with Gasteiger partial charge in [-0.3, -0.25) is 19.1 Å². The number of hydrogen-bond donors (Lipinski definition) is 2. The van der Waals surface area contributed by atoms with Crippen molar-refractivity contribution < 1.29 is 41.3 Å². The fraction of sp³-hybridized carbons (Fsp3) is 0.741. The third kappa shape index (κ3) is 11.9. The van der Waals surface area contributed by atoms with Crippen LogP contribution in [0.25, 0.3) is 0 Å². The zero-order chi connectivity index (χ0) is 33.3. The Hall–Kier alpha value is -1.78. The lowest BCUT2D eigenvalue weighted by molar-refractivity contribution is -0.173. The average Bonchev–Trinajstić information content (AvgIpc) is 3.31. The van der Waals surface area contributed by atoms with Gasteiger partial charge < -0.3 is 28.7 Å². The predicted octanol–water partition coefficient (Wildman–Crippen LogP) is 4.00. The number of amides is 1. The van der Waals surface area contributed by atoms with E-state index in [0.717, 1.165) is 0 Å². The van der Waals surface area contributed by atoms with Gasteiger partial charge in [0.15, 0.2) is 8.32 Å². The maximum absolute atomic E-state index is 12.7. The van der Waals surface area contributed by atoms with Crippen molar-refractivity contribution in [1.82, 2.24) is 14.9 Å². The Morgan fingerprint density at radius 3 is 2.52 bits per heavy atom. The maximum Gasteiger partial charge on any atom is 0.471 e. The first-order chi connectivity index (χ1) is 20.3. The predicted molar refractivity (Wildman–Crippen MR) is 166 cm³/mol. The Morgan fingerprint density at radius 1 is 1.23 bits per heavy atom. The zero-order valence-corrected chi connectivity index (χ0v) is 28.8. The lowest BCUT2D eigenvalue weighted by Gasteiger charge is -2.37. The summed E-state index contributed by atoms with van der Waals surface area (Å²) >= 11 is 0. The quantitative estimate of drug-likeness (QED) is 0.0975. The highest BCUT2D eigenvalue weighted by Crippen LogP contribution is 2.38. The largest absolute Gasteiger partial charge is 0.471 e. The van der Waals surface area contributed by atoms with Gasteiger partial charge in [0, 0.05) is 31.0 Å². The highest BCUT2D eigenvalue weighted by atomic mass is 33.1. The van der Waals surface area contributed by atoms with Crippen LogP contribution >= 0.6 is 21.6 Å². The van der Waals surface area contributed by atoms with Crippen LogP contribution in [0.4, 0.5) is 13.2 Å². The van der Waals surface area contributed by atoms with E-state index in [1.54, 1.807) is 13.8 Å². The number of carbonyl (C=O) groups excluding carboxylic acids is 1. The van der Waals surface area contributed by atoms with E-state index < -0.39 is 54.8 Å². The van der Waals surface area contributed by atoms with Crippen molar-refractivity contribution in [2.75, 3.05) is 39.6 Å². The molecule has 1 aromatic rings. The number of alkyl halides is 3. The Labute approximate surface area is 264 Å². The Bertz CT molecular complexity index is 1290. The molecule has 0 bridgehead atoms. The van der Waals surface area contributed by atoms with E-state index in [4.69, 9.17) is 23.4 Å². The zero-order valence-electron chi connectivity index (χ0n) is 26.2. The van der Waals surface area contributed by atoms with Crippen molar-refractivity contribution >= 4 is 35.8 Å². The van der Waals surface area contributed by atoms with Crippen LogP contribution in [0.3, 0.4) is 0 Å². The molecule has 1 aromatic heterocycles.